The van der Waals surface area contributed by atoms with Crippen molar-refractivity contribution in [3.8, 4) is 0 Å². The average Bonchev–Trinajstić information content (AvgIpc) is 2.54. The van der Waals surface area contributed by atoms with Crippen LogP contribution in [0.4, 0.5) is 27.4 Å². The van der Waals surface area contributed by atoms with Gasteiger partial charge < -0.3 is 10.2 Å². The fourth-order valence-electron chi connectivity index (χ4n) is 2.29. The monoisotopic (exact) mass is 308 g/mol. The van der Waals surface area contributed by atoms with Gasteiger partial charge in [-0.05, 0) is 37.3 Å². The molecule has 0 atom stereocenters. The lowest BCUT2D eigenvalue weighted by molar-refractivity contribution is 0.628. The number of aromatic nitrogens is 2. The van der Waals surface area contributed by atoms with E-state index < -0.39 is 0 Å². The molecule has 0 amide bonds. The Bertz CT molecular complexity index is 805. The summed E-state index contributed by atoms with van der Waals surface area (Å²) in [6.07, 6.45) is 0. The maximum absolute atomic E-state index is 13.3. The molecule has 0 saturated heterocycles. The van der Waals surface area contributed by atoms with Gasteiger partial charge in [-0.3, -0.25) is 0 Å². The van der Waals surface area contributed by atoms with E-state index in [4.69, 9.17) is 0 Å². The molecule has 3 aromatic rings. The average molecular weight is 308 g/mol. The van der Waals surface area contributed by atoms with Crippen molar-refractivity contribution in [3.05, 3.63) is 72.3 Å². The summed E-state index contributed by atoms with van der Waals surface area (Å²) in [5.74, 6) is 1.75. The summed E-state index contributed by atoms with van der Waals surface area (Å²) in [4.78, 5) is 10.8. The van der Waals surface area contributed by atoms with E-state index in [1.165, 1.54) is 12.1 Å². The second-order valence-corrected chi connectivity index (χ2v) is 5.19. The van der Waals surface area contributed by atoms with E-state index in [1.54, 1.807) is 12.1 Å². The molecule has 0 saturated carbocycles. The first-order chi connectivity index (χ1) is 11.1. The Labute approximate surface area is 134 Å². The molecule has 4 nitrogen and oxygen atoms in total. The first-order valence-electron chi connectivity index (χ1n) is 7.29. The van der Waals surface area contributed by atoms with Gasteiger partial charge in [-0.25, -0.2) is 14.4 Å². The Balaban J connectivity index is 1.90. The second-order valence-electron chi connectivity index (χ2n) is 5.19. The highest BCUT2D eigenvalue weighted by molar-refractivity contribution is 5.64. The molecule has 0 bridgehead atoms. The molecular formula is C18H17FN4. The van der Waals surface area contributed by atoms with Crippen molar-refractivity contribution in [1.29, 1.82) is 0 Å². The largest absolute Gasteiger partial charge is 0.340 e. The van der Waals surface area contributed by atoms with E-state index in [2.05, 4.69) is 15.3 Å². The third-order valence-corrected chi connectivity index (χ3v) is 3.41. The minimum absolute atomic E-state index is 0.289. The number of para-hydroxylation sites is 1. The van der Waals surface area contributed by atoms with Crippen molar-refractivity contribution in [3.63, 3.8) is 0 Å². The SMILES string of the molecule is Cc1nc(Nc2cccc(F)c2)cc(N(C)c2ccccc2)n1. The summed E-state index contributed by atoms with van der Waals surface area (Å²) >= 11 is 0. The summed E-state index contributed by atoms with van der Waals surface area (Å²) < 4.78 is 13.3. The van der Waals surface area contributed by atoms with Crippen LogP contribution in [0.5, 0.6) is 0 Å². The van der Waals surface area contributed by atoms with Crippen molar-refractivity contribution >= 4 is 23.0 Å². The smallest absolute Gasteiger partial charge is 0.138 e. The Morgan fingerprint density at radius 3 is 2.48 bits per heavy atom. The minimum Gasteiger partial charge on any atom is -0.340 e. The molecule has 0 aliphatic heterocycles. The summed E-state index contributed by atoms with van der Waals surface area (Å²) in [5, 5.41) is 3.11. The third-order valence-electron chi connectivity index (χ3n) is 3.41. The quantitative estimate of drug-likeness (QED) is 0.774. The summed E-state index contributed by atoms with van der Waals surface area (Å²) in [5.41, 5.74) is 1.68. The number of anilines is 4. The number of hydrogen-bond donors (Lipinski definition) is 1. The van der Waals surface area contributed by atoms with Crippen LogP contribution in [0.1, 0.15) is 5.82 Å². The molecular weight excluding hydrogens is 291 g/mol. The molecule has 0 aliphatic rings. The molecule has 0 spiro atoms. The highest BCUT2D eigenvalue weighted by Crippen LogP contribution is 2.24. The highest BCUT2D eigenvalue weighted by atomic mass is 19.1. The lowest BCUT2D eigenvalue weighted by Crippen LogP contribution is -2.12. The molecule has 1 N–H and O–H groups in total. The van der Waals surface area contributed by atoms with Crippen molar-refractivity contribution in [2.24, 2.45) is 0 Å². The Morgan fingerprint density at radius 1 is 0.957 bits per heavy atom. The van der Waals surface area contributed by atoms with Crippen LogP contribution >= 0.6 is 0 Å². The van der Waals surface area contributed by atoms with Crippen LogP contribution in [0.2, 0.25) is 0 Å². The second kappa shape index (κ2) is 6.44. The number of nitrogens with one attached hydrogen (secondary N) is 1. The van der Waals surface area contributed by atoms with Crippen molar-refractivity contribution in [1.82, 2.24) is 9.97 Å². The van der Waals surface area contributed by atoms with Crippen molar-refractivity contribution in [2.75, 3.05) is 17.3 Å². The predicted octanol–water partition coefficient (Wildman–Crippen LogP) is 4.44. The van der Waals surface area contributed by atoms with Gasteiger partial charge in [0.25, 0.3) is 0 Å². The van der Waals surface area contributed by atoms with E-state index >= 15 is 0 Å². The maximum atomic E-state index is 13.3. The zero-order valence-corrected chi connectivity index (χ0v) is 13.0. The van der Waals surface area contributed by atoms with Crippen LogP contribution in [0, 0.1) is 12.7 Å². The lowest BCUT2D eigenvalue weighted by atomic mass is 10.3. The molecule has 23 heavy (non-hydrogen) atoms. The number of hydrogen-bond acceptors (Lipinski definition) is 4. The van der Waals surface area contributed by atoms with Crippen molar-refractivity contribution in [2.45, 2.75) is 6.92 Å². The minimum atomic E-state index is -0.289. The lowest BCUT2D eigenvalue weighted by Gasteiger charge is -2.19. The van der Waals surface area contributed by atoms with E-state index in [1.807, 2.05) is 55.3 Å². The molecule has 5 heteroatoms. The van der Waals surface area contributed by atoms with E-state index in [-0.39, 0.29) is 5.82 Å². The van der Waals surface area contributed by atoms with Gasteiger partial charge in [0.2, 0.25) is 0 Å². The standard InChI is InChI=1S/C18H17FN4/c1-13-20-17(22-15-8-6-7-14(19)11-15)12-18(21-13)23(2)16-9-4-3-5-10-16/h3-12H,1-2H3,(H,20,21,22). The summed E-state index contributed by atoms with van der Waals surface area (Å²) in [6.45, 7) is 1.83. The molecule has 1 aromatic heterocycles. The van der Waals surface area contributed by atoms with Crippen LogP contribution in [-0.4, -0.2) is 17.0 Å². The maximum Gasteiger partial charge on any atom is 0.138 e. The molecule has 0 aliphatic carbocycles. The zero-order valence-electron chi connectivity index (χ0n) is 13.0. The fourth-order valence-corrected chi connectivity index (χ4v) is 2.29. The van der Waals surface area contributed by atoms with Gasteiger partial charge >= 0.3 is 0 Å². The number of halogens is 1. The Hall–Kier alpha value is -2.95. The van der Waals surface area contributed by atoms with Crippen molar-refractivity contribution < 1.29 is 4.39 Å². The van der Waals surface area contributed by atoms with Crippen LogP contribution < -0.4 is 10.2 Å². The molecule has 0 fully saturated rings. The fraction of sp³-hybridized carbons (Fsp3) is 0.111. The topological polar surface area (TPSA) is 41.1 Å². The van der Waals surface area contributed by atoms with Gasteiger partial charge in [0.15, 0.2) is 0 Å². The molecule has 0 unspecified atom stereocenters. The Kier molecular flexibility index (Phi) is 4.19. The summed E-state index contributed by atoms with van der Waals surface area (Å²) in [6, 6.07) is 18.1. The van der Waals surface area contributed by atoms with E-state index in [0.717, 1.165) is 11.5 Å². The van der Waals surface area contributed by atoms with Crippen LogP contribution in [0.15, 0.2) is 60.7 Å². The predicted molar refractivity (Wildman–Crippen MR) is 91.0 cm³/mol. The molecule has 116 valence electrons. The van der Waals surface area contributed by atoms with E-state index in [9.17, 15) is 4.39 Å². The number of aryl methyl sites for hydroxylation is 1. The van der Waals surface area contributed by atoms with Gasteiger partial charge in [-0.1, -0.05) is 24.3 Å². The van der Waals surface area contributed by atoms with Crippen LogP contribution in [-0.2, 0) is 0 Å². The van der Waals surface area contributed by atoms with Gasteiger partial charge in [-0.2, -0.15) is 0 Å². The number of nitrogens with zero attached hydrogens (tertiary/aromatic N) is 3. The molecule has 1 heterocycles. The highest BCUT2D eigenvalue weighted by Gasteiger charge is 2.09. The third kappa shape index (κ3) is 3.63. The summed E-state index contributed by atoms with van der Waals surface area (Å²) in [7, 11) is 1.95. The van der Waals surface area contributed by atoms with Gasteiger partial charge in [-0.15, -0.1) is 0 Å². The number of benzene rings is 2. The van der Waals surface area contributed by atoms with Crippen LogP contribution in [0.3, 0.4) is 0 Å². The zero-order chi connectivity index (χ0) is 16.2. The van der Waals surface area contributed by atoms with E-state index in [0.29, 0.717) is 17.3 Å². The normalized spacial score (nSPS) is 10.4. The van der Waals surface area contributed by atoms with Gasteiger partial charge in [0.05, 0.1) is 0 Å². The molecule has 0 radical (unpaired) electrons. The van der Waals surface area contributed by atoms with Gasteiger partial charge in [0, 0.05) is 24.5 Å². The number of rotatable bonds is 4. The molecule has 3 rings (SSSR count). The van der Waals surface area contributed by atoms with Gasteiger partial charge in [0.1, 0.15) is 23.3 Å². The molecule has 2 aromatic carbocycles. The first-order valence-corrected chi connectivity index (χ1v) is 7.29. The Morgan fingerprint density at radius 2 is 1.74 bits per heavy atom. The van der Waals surface area contributed by atoms with Crippen LogP contribution in [0.25, 0.3) is 0 Å². The first kappa shape index (κ1) is 15.0.